The maximum Gasteiger partial charge on any atom is 0.234 e. The van der Waals surface area contributed by atoms with E-state index in [4.69, 9.17) is 4.74 Å². The van der Waals surface area contributed by atoms with Crippen molar-refractivity contribution in [2.75, 3.05) is 51.8 Å². The highest BCUT2D eigenvalue weighted by Crippen LogP contribution is 2.11. The molecule has 132 valence electrons. The summed E-state index contributed by atoms with van der Waals surface area (Å²) in [7, 11) is 1.73. The summed E-state index contributed by atoms with van der Waals surface area (Å²) in [6, 6.07) is 7.53. The molecule has 0 unspecified atom stereocenters. The summed E-state index contributed by atoms with van der Waals surface area (Å²) < 4.78 is 5.29. The van der Waals surface area contributed by atoms with E-state index in [0.29, 0.717) is 13.0 Å². The monoisotopic (exact) mass is 334 g/mol. The van der Waals surface area contributed by atoms with Gasteiger partial charge in [0.15, 0.2) is 0 Å². The Kier molecular flexibility index (Phi) is 7.67. The number of benzene rings is 1. The molecule has 1 heterocycles. The van der Waals surface area contributed by atoms with E-state index in [1.54, 1.807) is 7.05 Å². The van der Waals surface area contributed by atoms with Gasteiger partial charge in [0.25, 0.3) is 0 Å². The van der Waals surface area contributed by atoms with Gasteiger partial charge in [0.05, 0.1) is 19.8 Å². The van der Waals surface area contributed by atoms with E-state index in [-0.39, 0.29) is 18.4 Å². The molecule has 1 aromatic carbocycles. The summed E-state index contributed by atoms with van der Waals surface area (Å²) in [5.41, 5.74) is 1.70. The Balaban J connectivity index is 1.75. The smallest absolute Gasteiger partial charge is 0.234 e. The van der Waals surface area contributed by atoms with Gasteiger partial charge in [-0.2, -0.15) is 0 Å². The van der Waals surface area contributed by atoms with Crippen molar-refractivity contribution in [3.05, 3.63) is 29.8 Å². The fourth-order valence-electron chi connectivity index (χ4n) is 2.49. The van der Waals surface area contributed by atoms with Crippen LogP contribution in [0.4, 0.5) is 5.69 Å². The molecule has 0 bridgehead atoms. The molecule has 0 atom stereocenters. The summed E-state index contributed by atoms with van der Waals surface area (Å²) in [6.07, 6.45) is 0.461. The lowest BCUT2D eigenvalue weighted by Gasteiger charge is -2.26. The lowest BCUT2D eigenvalue weighted by molar-refractivity contribution is -0.120. The minimum absolute atomic E-state index is 0.00198. The van der Waals surface area contributed by atoms with Gasteiger partial charge in [-0.15, -0.1) is 0 Å². The van der Waals surface area contributed by atoms with Crippen LogP contribution in [0.2, 0.25) is 0 Å². The number of amides is 2. The van der Waals surface area contributed by atoms with Crippen LogP contribution >= 0.6 is 0 Å². The second-order valence-electron chi connectivity index (χ2n) is 5.76. The number of likely N-dealkylation sites (N-methyl/N-ethyl adjacent to an activating group) is 1. The standard InChI is InChI=1S/C17H26N4O3/c1-18-13-17(23)19-12-14-3-2-4-15(11-14)20-16(22)5-6-21-7-9-24-10-8-21/h2-4,11,18H,5-10,12-13H2,1H3,(H,19,23)(H,20,22). The van der Waals surface area contributed by atoms with Gasteiger partial charge in [0.2, 0.25) is 11.8 Å². The molecule has 7 nitrogen and oxygen atoms in total. The first-order valence-corrected chi connectivity index (χ1v) is 8.27. The molecule has 0 saturated carbocycles. The maximum atomic E-state index is 12.1. The van der Waals surface area contributed by atoms with Gasteiger partial charge in [-0.3, -0.25) is 14.5 Å². The van der Waals surface area contributed by atoms with Crippen molar-refractivity contribution in [3.8, 4) is 0 Å². The van der Waals surface area contributed by atoms with Gasteiger partial charge < -0.3 is 20.7 Å². The number of nitrogens with zero attached hydrogens (tertiary/aromatic N) is 1. The van der Waals surface area contributed by atoms with E-state index in [0.717, 1.165) is 44.1 Å². The number of carbonyl (C=O) groups excluding carboxylic acids is 2. The first-order chi connectivity index (χ1) is 11.7. The SMILES string of the molecule is CNCC(=O)NCc1cccc(NC(=O)CCN2CCOCC2)c1. The Labute approximate surface area is 142 Å². The number of hydrogen-bond acceptors (Lipinski definition) is 5. The van der Waals surface area contributed by atoms with Crippen molar-refractivity contribution in [1.29, 1.82) is 0 Å². The summed E-state index contributed by atoms with van der Waals surface area (Å²) in [5, 5.41) is 8.53. The lowest BCUT2D eigenvalue weighted by atomic mass is 10.2. The predicted molar refractivity (Wildman–Crippen MR) is 92.7 cm³/mol. The molecule has 0 radical (unpaired) electrons. The van der Waals surface area contributed by atoms with Gasteiger partial charge in [0.1, 0.15) is 0 Å². The zero-order valence-electron chi connectivity index (χ0n) is 14.1. The van der Waals surface area contributed by atoms with Gasteiger partial charge in [-0.1, -0.05) is 12.1 Å². The van der Waals surface area contributed by atoms with Crippen LogP contribution in [0.5, 0.6) is 0 Å². The van der Waals surface area contributed by atoms with E-state index in [9.17, 15) is 9.59 Å². The van der Waals surface area contributed by atoms with E-state index in [1.807, 2.05) is 24.3 Å². The van der Waals surface area contributed by atoms with E-state index in [1.165, 1.54) is 0 Å². The predicted octanol–water partition coefficient (Wildman–Crippen LogP) is 0.183. The molecule has 3 N–H and O–H groups in total. The quantitative estimate of drug-likeness (QED) is 0.632. The zero-order valence-corrected chi connectivity index (χ0v) is 14.1. The van der Waals surface area contributed by atoms with Crippen LogP contribution in [0.15, 0.2) is 24.3 Å². The molecule has 24 heavy (non-hydrogen) atoms. The lowest BCUT2D eigenvalue weighted by Crippen LogP contribution is -2.38. The second kappa shape index (κ2) is 10.0. The van der Waals surface area contributed by atoms with Gasteiger partial charge in [0, 0.05) is 38.3 Å². The summed E-state index contributed by atoms with van der Waals surface area (Å²) in [4.78, 5) is 25.8. The van der Waals surface area contributed by atoms with Crippen LogP contribution in [0.1, 0.15) is 12.0 Å². The number of anilines is 1. The molecule has 0 aliphatic carbocycles. The van der Waals surface area contributed by atoms with Crippen molar-refractivity contribution >= 4 is 17.5 Å². The number of morpholine rings is 1. The molecular formula is C17H26N4O3. The van der Waals surface area contributed by atoms with Crippen LogP contribution < -0.4 is 16.0 Å². The Hall–Kier alpha value is -1.96. The third-order valence-corrected chi connectivity index (χ3v) is 3.80. The normalized spacial score (nSPS) is 15.0. The van der Waals surface area contributed by atoms with Gasteiger partial charge in [-0.25, -0.2) is 0 Å². The highest BCUT2D eigenvalue weighted by molar-refractivity contribution is 5.90. The van der Waals surface area contributed by atoms with Crippen molar-refractivity contribution in [2.45, 2.75) is 13.0 Å². The molecule has 2 amide bonds. The van der Waals surface area contributed by atoms with Crippen molar-refractivity contribution in [3.63, 3.8) is 0 Å². The first kappa shape index (κ1) is 18.4. The zero-order chi connectivity index (χ0) is 17.2. The molecule has 0 aromatic heterocycles. The number of hydrogen-bond donors (Lipinski definition) is 3. The minimum Gasteiger partial charge on any atom is -0.379 e. The van der Waals surface area contributed by atoms with Crippen LogP contribution in [-0.2, 0) is 20.9 Å². The fourth-order valence-corrected chi connectivity index (χ4v) is 2.49. The summed E-state index contributed by atoms with van der Waals surface area (Å²) in [5.74, 6) is -0.0599. The maximum absolute atomic E-state index is 12.1. The van der Waals surface area contributed by atoms with Gasteiger partial charge in [-0.05, 0) is 24.7 Å². The van der Waals surface area contributed by atoms with E-state index >= 15 is 0 Å². The average molecular weight is 334 g/mol. The molecule has 7 heteroatoms. The third kappa shape index (κ3) is 6.66. The molecule has 1 fully saturated rings. The molecule has 1 aliphatic heterocycles. The second-order valence-corrected chi connectivity index (χ2v) is 5.76. The molecule has 1 saturated heterocycles. The molecule has 1 aliphatic rings. The minimum atomic E-state index is -0.0579. The number of nitrogens with one attached hydrogen (secondary N) is 3. The summed E-state index contributed by atoms with van der Waals surface area (Å²) in [6.45, 7) is 4.72. The molecule has 0 spiro atoms. The highest BCUT2D eigenvalue weighted by Gasteiger charge is 2.12. The van der Waals surface area contributed by atoms with Crippen molar-refractivity contribution in [1.82, 2.24) is 15.5 Å². The van der Waals surface area contributed by atoms with Crippen LogP contribution in [-0.4, -0.2) is 63.2 Å². The molecule has 2 rings (SSSR count). The fraction of sp³-hybridized carbons (Fsp3) is 0.529. The Morgan fingerprint density at radius 3 is 2.75 bits per heavy atom. The van der Waals surface area contributed by atoms with E-state index < -0.39 is 0 Å². The Bertz CT molecular complexity index is 544. The number of carbonyl (C=O) groups is 2. The largest absolute Gasteiger partial charge is 0.379 e. The van der Waals surface area contributed by atoms with E-state index in [2.05, 4.69) is 20.9 Å². The Morgan fingerprint density at radius 2 is 2.00 bits per heavy atom. The van der Waals surface area contributed by atoms with Crippen molar-refractivity contribution < 1.29 is 14.3 Å². The first-order valence-electron chi connectivity index (χ1n) is 8.27. The number of ether oxygens (including phenoxy) is 1. The molecular weight excluding hydrogens is 308 g/mol. The average Bonchev–Trinajstić information content (AvgIpc) is 2.60. The van der Waals surface area contributed by atoms with Crippen LogP contribution in [0, 0.1) is 0 Å². The third-order valence-electron chi connectivity index (χ3n) is 3.80. The number of rotatable bonds is 8. The highest BCUT2D eigenvalue weighted by atomic mass is 16.5. The molecule has 1 aromatic rings. The topological polar surface area (TPSA) is 82.7 Å². The van der Waals surface area contributed by atoms with Crippen LogP contribution in [0.3, 0.4) is 0 Å². The van der Waals surface area contributed by atoms with Crippen LogP contribution in [0.25, 0.3) is 0 Å². The Morgan fingerprint density at radius 1 is 1.21 bits per heavy atom. The van der Waals surface area contributed by atoms with Crippen molar-refractivity contribution in [2.24, 2.45) is 0 Å². The summed E-state index contributed by atoms with van der Waals surface area (Å²) >= 11 is 0. The van der Waals surface area contributed by atoms with Gasteiger partial charge >= 0.3 is 0 Å².